The van der Waals surface area contributed by atoms with E-state index in [9.17, 15) is 23.7 Å². The fourth-order valence-electron chi connectivity index (χ4n) is 4.44. The second-order valence-corrected chi connectivity index (χ2v) is 10.9. The van der Waals surface area contributed by atoms with Gasteiger partial charge < -0.3 is 14.6 Å². The number of aldehydes is 1. The largest absolute Gasteiger partial charge is 0.614 e. The van der Waals surface area contributed by atoms with Crippen molar-refractivity contribution in [1.29, 1.82) is 0 Å². The number of β-lactam (4-membered cyclic amide) rings is 1. The Morgan fingerprint density at radius 3 is 2.32 bits per heavy atom. The molecule has 10 heteroatoms. The predicted octanol–water partition coefficient (Wildman–Crippen LogP) is 2.49. The van der Waals surface area contributed by atoms with Crippen molar-refractivity contribution in [3.63, 3.8) is 0 Å². The maximum atomic E-state index is 13.5. The first-order valence-corrected chi connectivity index (χ1v) is 13.8. The number of amides is 2. The summed E-state index contributed by atoms with van der Waals surface area (Å²) in [6.07, 6.45) is -0.286. The van der Waals surface area contributed by atoms with Crippen molar-refractivity contribution in [2.45, 2.75) is 23.9 Å². The molecule has 1 fully saturated rings. The molecule has 0 radical (unpaired) electrons. The number of hydrogen-bond donors (Lipinski definition) is 1. The van der Waals surface area contributed by atoms with Gasteiger partial charge in [-0.1, -0.05) is 60.7 Å². The molecule has 8 nitrogen and oxygen atoms in total. The van der Waals surface area contributed by atoms with E-state index in [1.54, 1.807) is 6.07 Å². The van der Waals surface area contributed by atoms with Crippen LogP contribution in [0.2, 0.25) is 0 Å². The number of thiophene rings is 1. The quantitative estimate of drug-likeness (QED) is 0.206. The van der Waals surface area contributed by atoms with Gasteiger partial charge >= 0.3 is 5.97 Å². The molecule has 0 bridgehead atoms. The van der Waals surface area contributed by atoms with Gasteiger partial charge in [0.25, 0.3) is 5.91 Å². The van der Waals surface area contributed by atoms with Crippen molar-refractivity contribution in [1.82, 2.24) is 10.2 Å². The highest BCUT2D eigenvalue weighted by Crippen LogP contribution is 2.38. The number of ether oxygens (including phenoxy) is 1. The number of carbonyl (C=O) groups is 4. The molecule has 1 saturated heterocycles. The fourth-order valence-corrected chi connectivity index (χ4v) is 6.72. The van der Waals surface area contributed by atoms with Crippen LogP contribution in [0.5, 0.6) is 0 Å². The summed E-state index contributed by atoms with van der Waals surface area (Å²) in [5.74, 6) is -2.10. The summed E-state index contributed by atoms with van der Waals surface area (Å²) in [6, 6.07) is 18.9. The van der Waals surface area contributed by atoms with Gasteiger partial charge in [-0.05, 0) is 44.7 Å². The summed E-state index contributed by atoms with van der Waals surface area (Å²) in [4.78, 5) is 52.0. The normalized spacial score (nSPS) is 20.8. The number of nitrogens with zero attached hydrogens (tertiary/aromatic N) is 1. The monoisotopic (exact) mass is 534 g/mol. The van der Waals surface area contributed by atoms with E-state index in [1.807, 2.05) is 71.4 Å². The van der Waals surface area contributed by atoms with Crippen molar-refractivity contribution >= 4 is 46.6 Å². The van der Waals surface area contributed by atoms with E-state index in [-0.39, 0.29) is 23.4 Å². The molecule has 2 aromatic carbocycles. The Balaban J connectivity index is 1.39. The Hall–Kier alpha value is -3.73. The number of carbonyl (C=O) groups excluding carboxylic acids is 4. The standard InChI is InChI=1S/C27H22N2O6S2/c30-14-20-16-37(34)26-22(28-21(31)13-17-11-12-36-15-17)25(32)29(26)23(20)27(33)35-24(18-7-3-1-4-8-18)19-9-5-2-6-10-19/h1-12,14-15,22,24,26H,13,16H2,(H,28,31)/t22?,26-,37?/m1/s1. The van der Waals surface area contributed by atoms with Crippen LogP contribution in [0.1, 0.15) is 22.8 Å². The van der Waals surface area contributed by atoms with Gasteiger partial charge in [-0.25, -0.2) is 4.79 Å². The Kier molecular flexibility index (Phi) is 7.22. The highest BCUT2D eigenvalue weighted by molar-refractivity contribution is 7.92. The lowest BCUT2D eigenvalue weighted by Gasteiger charge is -2.48. The van der Waals surface area contributed by atoms with E-state index in [2.05, 4.69) is 5.32 Å². The summed E-state index contributed by atoms with van der Waals surface area (Å²) in [5, 5.41) is 5.35. The molecule has 1 N–H and O–H groups in total. The number of esters is 1. The van der Waals surface area contributed by atoms with Crippen LogP contribution in [0.3, 0.4) is 0 Å². The van der Waals surface area contributed by atoms with E-state index >= 15 is 0 Å². The molecule has 1 aromatic heterocycles. The molecule has 2 unspecified atom stereocenters. The van der Waals surface area contributed by atoms with Crippen molar-refractivity contribution in [2.75, 3.05) is 5.75 Å². The second-order valence-electron chi connectivity index (χ2n) is 8.58. The molecule has 2 amide bonds. The van der Waals surface area contributed by atoms with Crippen molar-refractivity contribution in [3.8, 4) is 0 Å². The van der Waals surface area contributed by atoms with Crippen LogP contribution < -0.4 is 5.32 Å². The average Bonchev–Trinajstić information content (AvgIpc) is 3.43. The minimum absolute atomic E-state index is 0.0733. The fraction of sp³-hybridized carbons (Fsp3) is 0.185. The Bertz CT molecular complexity index is 1300. The van der Waals surface area contributed by atoms with E-state index in [1.165, 1.54) is 11.3 Å². The molecule has 2 aliphatic heterocycles. The van der Waals surface area contributed by atoms with E-state index < -0.39 is 46.5 Å². The van der Waals surface area contributed by atoms with Crippen LogP contribution in [0.15, 0.2) is 88.8 Å². The maximum absolute atomic E-state index is 13.5. The SMILES string of the molecule is O=CC1=C(C(=O)OC(c2ccccc2)c2ccccc2)N2C(=O)C(NC(=O)Cc3ccsc3)[C@H]2[S+]([O-])C1. The minimum Gasteiger partial charge on any atom is -0.614 e. The molecule has 2 aliphatic rings. The first-order valence-electron chi connectivity index (χ1n) is 11.5. The minimum atomic E-state index is -1.69. The van der Waals surface area contributed by atoms with Crippen molar-refractivity contribution in [2.24, 2.45) is 0 Å². The van der Waals surface area contributed by atoms with Crippen LogP contribution >= 0.6 is 11.3 Å². The number of nitrogens with one attached hydrogen (secondary N) is 1. The number of benzene rings is 2. The smallest absolute Gasteiger partial charge is 0.356 e. The van der Waals surface area contributed by atoms with E-state index in [0.717, 1.165) is 10.5 Å². The molecule has 3 heterocycles. The van der Waals surface area contributed by atoms with Gasteiger partial charge in [0.2, 0.25) is 11.3 Å². The van der Waals surface area contributed by atoms with Gasteiger partial charge in [0, 0.05) is 0 Å². The van der Waals surface area contributed by atoms with Crippen LogP contribution in [-0.4, -0.2) is 50.7 Å². The molecule has 188 valence electrons. The van der Waals surface area contributed by atoms with Gasteiger partial charge in [0.1, 0.15) is 11.4 Å². The predicted molar refractivity (Wildman–Crippen MR) is 138 cm³/mol. The van der Waals surface area contributed by atoms with E-state index in [0.29, 0.717) is 17.4 Å². The Morgan fingerprint density at radius 1 is 1.11 bits per heavy atom. The summed E-state index contributed by atoms with van der Waals surface area (Å²) in [6.45, 7) is 0. The second kappa shape index (κ2) is 10.7. The van der Waals surface area contributed by atoms with Gasteiger partial charge in [-0.2, -0.15) is 11.3 Å². The maximum Gasteiger partial charge on any atom is 0.356 e. The Morgan fingerprint density at radius 2 is 1.76 bits per heavy atom. The van der Waals surface area contributed by atoms with Gasteiger partial charge in [-0.3, -0.25) is 19.3 Å². The molecule has 0 saturated carbocycles. The Labute approximate surface area is 220 Å². The summed E-state index contributed by atoms with van der Waals surface area (Å²) in [7, 11) is 0. The zero-order valence-corrected chi connectivity index (χ0v) is 21.1. The molecule has 37 heavy (non-hydrogen) atoms. The van der Waals surface area contributed by atoms with Gasteiger partial charge in [0.05, 0.1) is 12.0 Å². The lowest BCUT2D eigenvalue weighted by molar-refractivity contribution is -0.155. The number of rotatable bonds is 8. The van der Waals surface area contributed by atoms with Crippen LogP contribution in [0.4, 0.5) is 0 Å². The number of fused-ring (bicyclic) bond motifs is 1. The number of hydrogen-bond acceptors (Lipinski definition) is 7. The molecular weight excluding hydrogens is 512 g/mol. The zero-order valence-electron chi connectivity index (χ0n) is 19.4. The summed E-state index contributed by atoms with van der Waals surface area (Å²) in [5.41, 5.74) is 1.91. The molecule has 3 aromatic rings. The molecule has 0 spiro atoms. The molecule has 5 rings (SSSR count). The topological polar surface area (TPSA) is 116 Å². The van der Waals surface area contributed by atoms with Crippen molar-refractivity contribution < 1.29 is 28.5 Å². The first-order chi connectivity index (χ1) is 18.0. The van der Waals surface area contributed by atoms with Crippen molar-refractivity contribution in [3.05, 3.63) is 105 Å². The van der Waals surface area contributed by atoms with Crippen LogP contribution in [0, 0.1) is 0 Å². The lowest BCUT2D eigenvalue weighted by Crippen LogP contribution is -2.75. The molecular formula is C27H22N2O6S2. The molecule has 3 atom stereocenters. The average molecular weight is 535 g/mol. The third-order valence-electron chi connectivity index (χ3n) is 6.18. The van der Waals surface area contributed by atoms with Crippen LogP contribution in [-0.2, 0) is 41.5 Å². The molecule has 0 aliphatic carbocycles. The third kappa shape index (κ3) is 4.95. The van der Waals surface area contributed by atoms with Gasteiger partial charge in [-0.15, -0.1) is 0 Å². The highest BCUT2D eigenvalue weighted by atomic mass is 32.2. The first kappa shape index (κ1) is 24.9. The zero-order chi connectivity index (χ0) is 25.9. The lowest BCUT2D eigenvalue weighted by atomic mass is 10.0. The third-order valence-corrected chi connectivity index (χ3v) is 8.53. The van der Waals surface area contributed by atoms with E-state index in [4.69, 9.17) is 4.74 Å². The summed E-state index contributed by atoms with van der Waals surface area (Å²) < 4.78 is 18.8. The summed E-state index contributed by atoms with van der Waals surface area (Å²) >= 11 is -0.238. The van der Waals surface area contributed by atoms with Gasteiger partial charge in [0.15, 0.2) is 18.4 Å². The highest BCUT2D eigenvalue weighted by Gasteiger charge is 2.61. The van der Waals surface area contributed by atoms with Crippen LogP contribution in [0.25, 0.3) is 0 Å².